The van der Waals surface area contributed by atoms with E-state index in [2.05, 4.69) is 16.6 Å². The van der Waals surface area contributed by atoms with Gasteiger partial charge in [0.05, 0.1) is 11.5 Å². The molecule has 0 radical (unpaired) electrons. The van der Waals surface area contributed by atoms with E-state index in [1.165, 1.54) is 6.07 Å². The van der Waals surface area contributed by atoms with E-state index in [1.54, 1.807) is 52.0 Å². The van der Waals surface area contributed by atoms with Crippen LogP contribution in [0.3, 0.4) is 0 Å². The summed E-state index contributed by atoms with van der Waals surface area (Å²) in [5.74, 6) is -0.292. The van der Waals surface area contributed by atoms with Gasteiger partial charge in [-0.1, -0.05) is 24.3 Å². The van der Waals surface area contributed by atoms with E-state index < -0.39 is 21.7 Å². The Bertz CT molecular complexity index is 693. The molecule has 1 aromatic rings. The second kappa shape index (κ2) is 9.12. The second-order valence-electron chi connectivity index (χ2n) is 6.77. The largest absolute Gasteiger partial charge is 0.368 e. The number of carbonyl (C=O) groups excluding carboxylic acids is 1. The summed E-state index contributed by atoms with van der Waals surface area (Å²) in [5.41, 5.74) is -0.0752. The van der Waals surface area contributed by atoms with Crippen molar-refractivity contribution in [1.82, 2.24) is 10.0 Å². The summed E-state index contributed by atoms with van der Waals surface area (Å²) in [7, 11) is -3.68. The van der Waals surface area contributed by atoms with E-state index >= 15 is 0 Å². The maximum absolute atomic E-state index is 12.6. The SMILES string of the molecule is C=CCCOC(C)C(=O)NCc1ccccc1S(=O)(=O)NC(C)(C)C. The van der Waals surface area contributed by atoms with E-state index in [0.29, 0.717) is 18.6 Å². The molecule has 1 unspecified atom stereocenters. The van der Waals surface area contributed by atoms with Gasteiger partial charge in [-0.15, -0.1) is 6.58 Å². The molecule has 0 heterocycles. The summed E-state index contributed by atoms with van der Waals surface area (Å²) in [6.07, 6.45) is 1.77. The standard InChI is InChI=1S/C18H28N2O4S/c1-6-7-12-24-14(2)17(21)19-13-15-10-8-9-11-16(15)25(22,23)20-18(3,4)5/h6,8-11,14,20H,1,7,12-13H2,2-5H3,(H,19,21). The molecule has 1 atom stereocenters. The predicted octanol–water partition coefficient (Wildman–Crippen LogP) is 2.36. The molecule has 140 valence electrons. The van der Waals surface area contributed by atoms with Gasteiger partial charge >= 0.3 is 0 Å². The molecule has 0 fully saturated rings. The van der Waals surface area contributed by atoms with Crippen molar-refractivity contribution in [2.45, 2.75) is 57.2 Å². The zero-order valence-corrected chi connectivity index (χ0v) is 16.2. The molecule has 6 nitrogen and oxygen atoms in total. The average Bonchev–Trinajstić information content (AvgIpc) is 2.50. The quantitative estimate of drug-likeness (QED) is 0.518. The third-order valence-electron chi connectivity index (χ3n) is 3.21. The van der Waals surface area contributed by atoms with Crippen LogP contribution in [0.4, 0.5) is 0 Å². The Kier molecular flexibility index (Phi) is 7.79. The molecule has 0 saturated carbocycles. The first-order valence-corrected chi connectivity index (χ1v) is 9.67. The zero-order valence-electron chi connectivity index (χ0n) is 15.3. The van der Waals surface area contributed by atoms with Crippen LogP contribution in [0.15, 0.2) is 41.8 Å². The smallest absolute Gasteiger partial charge is 0.249 e. The fourth-order valence-corrected chi connectivity index (χ4v) is 3.76. The summed E-state index contributed by atoms with van der Waals surface area (Å²) in [6, 6.07) is 6.60. The molecule has 0 bridgehead atoms. The van der Waals surface area contributed by atoms with Gasteiger partial charge in [0.25, 0.3) is 0 Å². The van der Waals surface area contributed by atoms with Gasteiger partial charge in [0, 0.05) is 12.1 Å². The van der Waals surface area contributed by atoms with Gasteiger partial charge in [-0.05, 0) is 45.7 Å². The molecule has 0 aromatic heterocycles. The van der Waals surface area contributed by atoms with Crippen molar-refractivity contribution in [2.24, 2.45) is 0 Å². The topological polar surface area (TPSA) is 84.5 Å². The van der Waals surface area contributed by atoms with Gasteiger partial charge in [-0.3, -0.25) is 4.79 Å². The Morgan fingerprint density at radius 3 is 2.56 bits per heavy atom. The summed E-state index contributed by atoms with van der Waals surface area (Å²) >= 11 is 0. The lowest BCUT2D eigenvalue weighted by atomic mass is 10.1. The number of hydrogen-bond acceptors (Lipinski definition) is 4. The number of nitrogens with one attached hydrogen (secondary N) is 2. The number of carbonyl (C=O) groups is 1. The first-order valence-electron chi connectivity index (χ1n) is 8.19. The third-order valence-corrected chi connectivity index (χ3v) is 5.07. The summed E-state index contributed by atoms with van der Waals surface area (Å²) in [6.45, 7) is 11.1. The van der Waals surface area contributed by atoms with E-state index in [4.69, 9.17) is 4.74 Å². The average molecular weight is 368 g/mol. The molecular formula is C18H28N2O4S. The molecule has 0 saturated heterocycles. The molecule has 25 heavy (non-hydrogen) atoms. The van der Waals surface area contributed by atoms with Crippen LogP contribution in [-0.4, -0.2) is 32.6 Å². The van der Waals surface area contributed by atoms with E-state index in [1.807, 2.05) is 0 Å². The first kappa shape index (κ1) is 21.3. The van der Waals surface area contributed by atoms with Crippen LogP contribution in [0.25, 0.3) is 0 Å². The van der Waals surface area contributed by atoms with Crippen LogP contribution in [0.2, 0.25) is 0 Å². The molecule has 0 aliphatic carbocycles. The van der Waals surface area contributed by atoms with Crippen LogP contribution < -0.4 is 10.0 Å². The van der Waals surface area contributed by atoms with E-state index in [0.717, 1.165) is 0 Å². The maximum Gasteiger partial charge on any atom is 0.249 e. The lowest BCUT2D eigenvalue weighted by Crippen LogP contribution is -2.41. The molecule has 1 aromatic carbocycles. The molecular weight excluding hydrogens is 340 g/mol. The van der Waals surface area contributed by atoms with Crippen molar-refractivity contribution in [1.29, 1.82) is 0 Å². The number of amides is 1. The van der Waals surface area contributed by atoms with Crippen LogP contribution in [0, 0.1) is 0 Å². The summed E-state index contributed by atoms with van der Waals surface area (Å²) < 4.78 is 33.1. The van der Waals surface area contributed by atoms with Crippen molar-refractivity contribution in [3.05, 3.63) is 42.5 Å². The minimum absolute atomic E-state index is 0.106. The fraction of sp³-hybridized carbons (Fsp3) is 0.500. The Balaban J connectivity index is 2.81. The molecule has 7 heteroatoms. The Hall–Kier alpha value is -1.70. The number of benzene rings is 1. The van der Waals surface area contributed by atoms with Crippen LogP contribution in [-0.2, 0) is 26.1 Å². The van der Waals surface area contributed by atoms with Gasteiger partial charge in [0.2, 0.25) is 15.9 Å². The molecule has 0 aliphatic rings. The monoisotopic (exact) mass is 368 g/mol. The predicted molar refractivity (Wildman–Crippen MR) is 98.6 cm³/mol. The Morgan fingerprint density at radius 2 is 1.96 bits per heavy atom. The summed E-state index contributed by atoms with van der Waals surface area (Å²) in [5, 5.41) is 2.72. The molecule has 1 rings (SSSR count). The van der Waals surface area contributed by atoms with Crippen molar-refractivity contribution in [2.75, 3.05) is 6.61 Å². The highest BCUT2D eigenvalue weighted by Gasteiger charge is 2.24. The minimum Gasteiger partial charge on any atom is -0.368 e. The van der Waals surface area contributed by atoms with Crippen molar-refractivity contribution in [3.8, 4) is 0 Å². The van der Waals surface area contributed by atoms with Gasteiger partial charge in [0.15, 0.2) is 0 Å². The third kappa shape index (κ3) is 7.37. The van der Waals surface area contributed by atoms with Crippen LogP contribution >= 0.6 is 0 Å². The Labute approximate surface area is 150 Å². The van der Waals surface area contributed by atoms with E-state index in [-0.39, 0.29) is 17.3 Å². The summed E-state index contributed by atoms with van der Waals surface area (Å²) in [4.78, 5) is 12.2. The Morgan fingerprint density at radius 1 is 1.32 bits per heavy atom. The number of sulfonamides is 1. The van der Waals surface area contributed by atoms with Gasteiger partial charge in [-0.25, -0.2) is 13.1 Å². The highest BCUT2D eigenvalue weighted by molar-refractivity contribution is 7.89. The minimum atomic E-state index is -3.68. The molecule has 0 spiro atoms. The number of rotatable bonds is 9. The normalized spacial score (nSPS) is 13.3. The van der Waals surface area contributed by atoms with Gasteiger partial charge in [-0.2, -0.15) is 0 Å². The van der Waals surface area contributed by atoms with Gasteiger partial charge < -0.3 is 10.1 Å². The molecule has 2 N–H and O–H groups in total. The fourth-order valence-electron chi connectivity index (χ4n) is 2.10. The second-order valence-corrected chi connectivity index (χ2v) is 8.42. The van der Waals surface area contributed by atoms with Crippen molar-refractivity contribution >= 4 is 15.9 Å². The lowest BCUT2D eigenvalue weighted by Gasteiger charge is -2.22. The zero-order chi connectivity index (χ0) is 19.1. The first-order chi connectivity index (χ1) is 11.6. The molecule has 1 amide bonds. The number of hydrogen-bond donors (Lipinski definition) is 2. The van der Waals surface area contributed by atoms with Gasteiger partial charge in [0.1, 0.15) is 6.10 Å². The highest BCUT2D eigenvalue weighted by Crippen LogP contribution is 2.17. The van der Waals surface area contributed by atoms with Crippen LogP contribution in [0.1, 0.15) is 39.7 Å². The number of ether oxygens (including phenoxy) is 1. The highest BCUT2D eigenvalue weighted by atomic mass is 32.2. The lowest BCUT2D eigenvalue weighted by molar-refractivity contribution is -0.131. The van der Waals surface area contributed by atoms with Crippen molar-refractivity contribution < 1.29 is 17.9 Å². The molecule has 0 aliphatic heterocycles. The maximum atomic E-state index is 12.6. The van der Waals surface area contributed by atoms with Crippen LogP contribution in [0.5, 0.6) is 0 Å². The van der Waals surface area contributed by atoms with Crippen molar-refractivity contribution in [3.63, 3.8) is 0 Å². The van der Waals surface area contributed by atoms with E-state index in [9.17, 15) is 13.2 Å².